The number of carbonyl (C=O) groups excluding carboxylic acids is 1. The predicted octanol–water partition coefficient (Wildman–Crippen LogP) is 4.46. The van der Waals surface area contributed by atoms with E-state index in [2.05, 4.69) is 38.0 Å². The number of oxime groups is 1. The predicted molar refractivity (Wildman–Crippen MR) is 119 cm³/mol. The molecule has 0 radical (unpaired) electrons. The molecule has 1 aromatic heterocycles. The smallest absolute Gasteiger partial charge is 0.272 e. The van der Waals surface area contributed by atoms with E-state index in [1.165, 1.54) is 18.0 Å². The third-order valence-corrected chi connectivity index (χ3v) is 4.84. The highest BCUT2D eigenvalue weighted by Crippen LogP contribution is 2.27. The van der Waals surface area contributed by atoms with E-state index in [1.807, 2.05) is 45.2 Å². The number of fused-ring (bicyclic) bond motifs is 1. The fraction of sp³-hybridized carbons (Fsp3) is 0.350. The molecule has 28 heavy (non-hydrogen) atoms. The minimum Gasteiger partial charge on any atom is -0.470 e. The van der Waals surface area contributed by atoms with Crippen LogP contribution in [-0.2, 0) is 9.63 Å². The molecule has 0 aliphatic heterocycles. The van der Waals surface area contributed by atoms with E-state index in [9.17, 15) is 4.79 Å². The summed E-state index contributed by atoms with van der Waals surface area (Å²) in [4.78, 5) is 22.1. The fourth-order valence-corrected chi connectivity index (χ4v) is 3.27. The van der Waals surface area contributed by atoms with Crippen molar-refractivity contribution < 1.29 is 14.4 Å². The number of halogens is 1. The summed E-state index contributed by atoms with van der Waals surface area (Å²) in [5, 5.41) is 7.69. The fourth-order valence-electron chi connectivity index (χ4n) is 2.44. The largest absolute Gasteiger partial charge is 0.470 e. The summed E-state index contributed by atoms with van der Waals surface area (Å²) in [6.45, 7) is 9.48. The average molecular weight is 466 g/mol. The summed E-state index contributed by atoms with van der Waals surface area (Å²) in [5.41, 5.74) is 0.479. The van der Waals surface area contributed by atoms with Crippen molar-refractivity contribution in [1.29, 1.82) is 0 Å². The zero-order chi connectivity index (χ0) is 20.7. The van der Waals surface area contributed by atoms with E-state index in [4.69, 9.17) is 9.57 Å². The number of nitrogens with one attached hydrogen (secondary N) is 1. The monoisotopic (exact) mass is 465 g/mol. The van der Waals surface area contributed by atoms with Gasteiger partial charge in [-0.2, -0.15) is 0 Å². The van der Waals surface area contributed by atoms with E-state index in [0.29, 0.717) is 12.4 Å². The molecular formula is C20H24BrN3O3S. The van der Waals surface area contributed by atoms with Gasteiger partial charge >= 0.3 is 0 Å². The van der Waals surface area contributed by atoms with Crippen molar-refractivity contribution in [1.82, 2.24) is 10.3 Å². The zero-order valence-corrected chi connectivity index (χ0v) is 18.8. The van der Waals surface area contributed by atoms with E-state index in [1.54, 1.807) is 12.3 Å². The Morgan fingerprint density at radius 2 is 2.21 bits per heavy atom. The lowest BCUT2D eigenvalue weighted by Gasteiger charge is -2.24. The maximum atomic E-state index is 12.7. The number of aromatic nitrogens is 1. The molecule has 1 heterocycles. The molecule has 6 nitrogen and oxygen atoms in total. The van der Waals surface area contributed by atoms with Crippen molar-refractivity contribution in [3.63, 3.8) is 0 Å². The summed E-state index contributed by atoms with van der Waals surface area (Å²) >= 11 is 4.74. The van der Waals surface area contributed by atoms with Gasteiger partial charge < -0.3 is 14.9 Å². The van der Waals surface area contributed by atoms with Gasteiger partial charge in [-0.1, -0.05) is 17.8 Å². The van der Waals surface area contributed by atoms with Gasteiger partial charge in [-0.15, -0.1) is 11.8 Å². The summed E-state index contributed by atoms with van der Waals surface area (Å²) in [6, 6.07) is 5.74. The molecule has 0 spiro atoms. The molecule has 1 amide bonds. The van der Waals surface area contributed by atoms with Crippen LogP contribution in [-0.4, -0.2) is 40.9 Å². The molecule has 0 aliphatic rings. The van der Waals surface area contributed by atoms with Gasteiger partial charge in [-0.05, 0) is 66.7 Å². The first-order chi connectivity index (χ1) is 13.3. The van der Waals surface area contributed by atoms with Crippen LogP contribution in [0.25, 0.3) is 10.9 Å². The standard InChI is InChI=1S/C20H24BrN3O3S/c1-6-7-26-23-12-20(3,4)24-18(25)19(28-5)27-16-8-13(2)17-14(10-16)9-15(21)11-22-17/h6,8-12,19H,1,7H2,2-5H3,(H,24,25). The summed E-state index contributed by atoms with van der Waals surface area (Å²) < 4.78 is 6.85. The number of ether oxygens (including phenoxy) is 1. The van der Waals surface area contributed by atoms with Crippen molar-refractivity contribution >= 4 is 50.7 Å². The van der Waals surface area contributed by atoms with Gasteiger partial charge in [0.15, 0.2) is 0 Å². The molecule has 0 bridgehead atoms. The number of aryl methyl sites for hydroxylation is 1. The molecule has 1 N–H and O–H groups in total. The molecular weight excluding hydrogens is 442 g/mol. The third kappa shape index (κ3) is 6.24. The van der Waals surface area contributed by atoms with Crippen LogP contribution < -0.4 is 10.1 Å². The number of hydrogen-bond donors (Lipinski definition) is 1. The molecule has 0 fully saturated rings. The van der Waals surface area contributed by atoms with Gasteiger partial charge in [0.2, 0.25) is 5.44 Å². The maximum Gasteiger partial charge on any atom is 0.272 e. The Morgan fingerprint density at radius 1 is 1.46 bits per heavy atom. The third-order valence-electron chi connectivity index (χ3n) is 3.67. The molecule has 8 heteroatoms. The Labute approximate surface area is 177 Å². The molecule has 0 saturated carbocycles. The van der Waals surface area contributed by atoms with E-state index < -0.39 is 11.0 Å². The molecule has 150 valence electrons. The molecule has 0 saturated heterocycles. The summed E-state index contributed by atoms with van der Waals surface area (Å²) in [5.74, 6) is 0.359. The highest BCUT2D eigenvalue weighted by molar-refractivity contribution is 9.10. The number of rotatable bonds is 9. The van der Waals surface area contributed by atoms with Crippen molar-refractivity contribution in [2.24, 2.45) is 5.16 Å². The van der Waals surface area contributed by atoms with Gasteiger partial charge in [-0.3, -0.25) is 9.78 Å². The number of pyridine rings is 1. The topological polar surface area (TPSA) is 72.8 Å². The SMILES string of the molecule is C=CCON=CC(C)(C)NC(=O)C(Oc1cc(C)c2ncc(Br)cc2c1)SC. The summed E-state index contributed by atoms with van der Waals surface area (Å²) in [7, 11) is 0. The highest BCUT2D eigenvalue weighted by Gasteiger charge is 2.26. The lowest BCUT2D eigenvalue weighted by Crippen LogP contribution is -2.49. The number of amides is 1. The van der Waals surface area contributed by atoms with Crippen molar-refractivity contribution in [3.8, 4) is 5.75 Å². The second-order valence-electron chi connectivity index (χ2n) is 6.68. The Balaban J connectivity index is 2.12. The van der Waals surface area contributed by atoms with Crippen LogP contribution in [0.5, 0.6) is 5.75 Å². The van der Waals surface area contributed by atoms with Crippen LogP contribution in [0.2, 0.25) is 0 Å². The first-order valence-corrected chi connectivity index (χ1v) is 10.7. The minimum absolute atomic E-state index is 0.252. The van der Waals surface area contributed by atoms with Crippen LogP contribution in [0.3, 0.4) is 0 Å². The van der Waals surface area contributed by atoms with Crippen molar-refractivity contribution in [2.75, 3.05) is 12.9 Å². The number of benzene rings is 1. The van der Waals surface area contributed by atoms with Crippen LogP contribution in [0.4, 0.5) is 0 Å². The summed E-state index contributed by atoms with van der Waals surface area (Å²) in [6.07, 6.45) is 6.72. The van der Waals surface area contributed by atoms with Crippen LogP contribution >= 0.6 is 27.7 Å². The van der Waals surface area contributed by atoms with Gasteiger partial charge in [0, 0.05) is 16.1 Å². The molecule has 1 atom stereocenters. The second-order valence-corrected chi connectivity index (χ2v) is 8.50. The Morgan fingerprint density at radius 3 is 2.89 bits per heavy atom. The van der Waals surface area contributed by atoms with E-state index in [-0.39, 0.29) is 5.91 Å². The average Bonchev–Trinajstić information content (AvgIpc) is 2.62. The quantitative estimate of drug-likeness (QED) is 0.194. The van der Waals surface area contributed by atoms with Gasteiger partial charge in [0.25, 0.3) is 5.91 Å². The van der Waals surface area contributed by atoms with Crippen molar-refractivity contribution in [2.45, 2.75) is 31.7 Å². The van der Waals surface area contributed by atoms with Crippen LogP contribution in [0.15, 0.2) is 46.7 Å². The molecule has 1 unspecified atom stereocenters. The lowest BCUT2D eigenvalue weighted by molar-refractivity contribution is -0.125. The Hall–Kier alpha value is -2.06. The maximum absolute atomic E-state index is 12.7. The molecule has 1 aromatic carbocycles. The number of hydrogen-bond acceptors (Lipinski definition) is 6. The lowest BCUT2D eigenvalue weighted by atomic mass is 10.1. The number of nitrogens with zero attached hydrogens (tertiary/aromatic N) is 2. The first-order valence-electron chi connectivity index (χ1n) is 8.60. The molecule has 2 aromatic rings. The van der Waals surface area contributed by atoms with Crippen LogP contribution in [0.1, 0.15) is 19.4 Å². The van der Waals surface area contributed by atoms with Crippen LogP contribution in [0, 0.1) is 6.92 Å². The van der Waals surface area contributed by atoms with Gasteiger partial charge in [-0.25, -0.2) is 0 Å². The highest BCUT2D eigenvalue weighted by atomic mass is 79.9. The first kappa shape index (κ1) is 22.2. The van der Waals surface area contributed by atoms with Crippen molar-refractivity contribution in [3.05, 3.63) is 47.1 Å². The van der Waals surface area contributed by atoms with Gasteiger partial charge in [0.05, 0.1) is 17.3 Å². The number of thioether (sulfide) groups is 1. The Kier molecular flexibility index (Phi) is 7.88. The zero-order valence-electron chi connectivity index (χ0n) is 16.4. The van der Waals surface area contributed by atoms with Gasteiger partial charge in [0.1, 0.15) is 12.4 Å². The second kappa shape index (κ2) is 9.93. The Bertz CT molecular complexity index is 886. The minimum atomic E-state index is -0.710. The molecule has 2 rings (SSSR count). The van der Waals surface area contributed by atoms with E-state index >= 15 is 0 Å². The molecule has 0 aliphatic carbocycles. The van der Waals surface area contributed by atoms with E-state index in [0.717, 1.165) is 20.9 Å². The number of carbonyl (C=O) groups is 1. The normalized spacial score (nSPS) is 12.8.